The number of rotatable bonds is 3. The largest absolute Gasteiger partial charge is 0.478 e. The van der Waals surface area contributed by atoms with E-state index in [1.807, 2.05) is 12.1 Å². The number of benzene rings is 1. The van der Waals surface area contributed by atoms with Crippen molar-refractivity contribution >= 4 is 5.97 Å². The number of carboxylic acids is 1. The highest BCUT2D eigenvalue weighted by Crippen LogP contribution is 2.28. The van der Waals surface area contributed by atoms with Gasteiger partial charge in [0.1, 0.15) is 0 Å². The lowest BCUT2D eigenvalue weighted by Gasteiger charge is -2.18. The van der Waals surface area contributed by atoms with Crippen LogP contribution in [0.25, 0.3) is 0 Å². The molecule has 0 bridgehead atoms. The lowest BCUT2D eigenvalue weighted by Crippen LogP contribution is -2.14. The Balaban J connectivity index is 2.18. The zero-order chi connectivity index (χ0) is 11.5. The molecule has 16 heavy (non-hydrogen) atoms. The molecule has 1 aromatic rings. The Kier molecular flexibility index (Phi) is 3.25. The number of hydrogen-bond acceptors (Lipinski definition) is 2. The van der Waals surface area contributed by atoms with Crippen molar-refractivity contribution in [2.24, 2.45) is 5.92 Å². The van der Waals surface area contributed by atoms with Gasteiger partial charge < -0.3 is 10.4 Å². The van der Waals surface area contributed by atoms with Crippen molar-refractivity contribution in [3.8, 4) is 0 Å². The van der Waals surface area contributed by atoms with Gasteiger partial charge in [-0.3, -0.25) is 0 Å². The summed E-state index contributed by atoms with van der Waals surface area (Å²) < 4.78 is 0. The Labute approximate surface area is 95.5 Å². The monoisotopic (exact) mass is 219 g/mol. The number of carboxylic acid groups (broad SMARTS) is 1. The third-order valence-electron chi connectivity index (χ3n) is 3.46. The quantitative estimate of drug-likeness (QED) is 0.818. The van der Waals surface area contributed by atoms with Gasteiger partial charge in [0.25, 0.3) is 0 Å². The van der Waals surface area contributed by atoms with Gasteiger partial charge >= 0.3 is 5.97 Å². The van der Waals surface area contributed by atoms with Crippen molar-refractivity contribution in [3.63, 3.8) is 0 Å². The van der Waals surface area contributed by atoms with Crippen LogP contribution in [0.1, 0.15) is 35.2 Å². The third-order valence-corrected chi connectivity index (χ3v) is 3.46. The summed E-state index contributed by atoms with van der Waals surface area (Å²) in [6, 6.07) is 7.30. The summed E-state index contributed by atoms with van der Waals surface area (Å²) in [6.45, 7) is 4.30. The van der Waals surface area contributed by atoms with E-state index in [9.17, 15) is 4.79 Å². The first-order valence-electron chi connectivity index (χ1n) is 5.72. The van der Waals surface area contributed by atoms with Gasteiger partial charge in [-0.05, 0) is 49.0 Å². The zero-order valence-electron chi connectivity index (χ0n) is 9.44. The van der Waals surface area contributed by atoms with E-state index in [0.717, 1.165) is 18.7 Å². The van der Waals surface area contributed by atoms with Crippen molar-refractivity contribution in [1.29, 1.82) is 0 Å². The fourth-order valence-electron chi connectivity index (χ4n) is 2.33. The maximum absolute atomic E-state index is 10.9. The van der Waals surface area contributed by atoms with Crippen LogP contribution in [0.2, 0.25) is 0 Å². The summed E-state index contributed by atoms with van der Waals surface area (Å²) in [5, 5.41) is 12.3. The van der Waals surface area contributed by atoms with Crippen LogP contribution >= 0.6 is 0 Å². The predicted molar refractivity (Wildman–Crippen MR) is 62.8 cm³/mol. The Morgan fingerprint density at radius 2 is 2.38 bits per heavy atom. The average Bonchev–Trinajstić information content (AvgIpc) is 2.81. The SMILES string of the molecule is CC(c1cccc(C(=O)O)c1)C1CCNC1. The first-order chi connectivity index (χ1) is 7.68. The second-order valence-corrected chi connectivity index (χ2v) is 4.47. The molecule has 1 aromatic carbocycles. The van der Waals surface area contributed by atoms with Crippen molar-refractivity contribution in [3.05, 3.63) is 35.4 Å². The van der Waals surface area contributed by atoms with Gasteiger partial charge in [0.2, 0.25) is 0 Å². The summed E-state index contributed by atoms with van der Waals surface area (Å²) in [7, 11) is 0. The van der Waals surface area contributed by atoms with E-state index < -0.39 is 5.97 Å². The molecule has 86 valence electrons. The fraction of sp³-hybridized carbons (Fsp3) is 0.462. The normalized spacial score (nSPS) is 21.9. The van der Waals surface area contributed by atoms with Crippen LogP contribution in [-0.2, 0) is 0 Å². The van der Waals surface area contributed by atoms with Crippen molar-refractivity contribution in [2.45, 2.75) is 19.3 Å². The highest BCUT2D eigenvalue weighted by atomic mass is 16.4. The Morgan fingerprint density at radius 3 is 3.00 bits per heavy atom. The van der Waals surface area contributed by atoms with E-state index in [2.05, 4.69) is 12.2 Å². The van der Waals surface area contributed by atoms with Gasteiger partial charge in [-0.2, -0.15) is 0 Å². The third kappa shape index (κ3) is 2.25. The molecule has 1 fully saturated rings. The van der Waals surface area contributed by atoms with Crippen LogP contribution < -0.4 is 5.32 Å². The number of carbonyl (C=O) groups is 1. The van der Waals surface area contributed by atoms with Gasteiger partial charge in [-0.1, -0.05) is 19.1 Å². The van der Waals surface area contributed by atoms with Crippen molar-refractivity contribution in [2.75, 3.05) is 13.1 Å². The maximum Gasteiger partial charge on any atom is 0.335 e. The first-order valence-corrected chi connectivity index (χ1v) is 5.72. The minimum atomic E-state index is -0.849. The second-order valence-electron chi connectivity index (χ2n) is 4.47. The molecule has 3 heteroatoms. The molecule has 2 rings (SSSR count). The Morgan fingerprint density at radius 1 is 1.56 bits per heavy atom. The molecular formula is C13H17NO2. The van der Waals surface area contributed by atoms with E-state index >= 15 is 0 Å². The molecule has 1 heterocycles. The smallest absolute Gasteiger partial charge is 0.335 e. The van der Waals surface area contributed by atoms with E-state index in [1.165, 1.54) is 6.42 Å². The summed E-state index contributed by atoms with van der Waals surface area (Å²) >= 11 is 0. The standard InChI is InChI=1S/C13H17NO2/c1-9(12-5-6-14-8-12)10-3-2-4-11(7-10)13(15)16/h2-4,7,9,12,14H,5-6,8H2,1H3,(H,15,16). The molecule has 2 N–H and O–H groups in total. The van der Waals surface area contributed by atoms with Crippen LogP contribution in [0.15, 0.2) is 24.3 Å². The van der Waals surface area contributed by atoms with E-state index in [0.29, 0.717) is 17.4 Å². The Bertz CT molecular complexity index is 383. The lowest BCUT2D eigenvalue weighted by atomic mass is 9.86. The minimum Gasteiger partial charge on any atom is -0.478 e. The summed E-state index contributed by atoms with van der Waals surface area (Å²) in [4.78, 5) is 10.9. The van der Waals surface area contributed by atoms with Gasteiger partial charge in [-0.15, -0.1) is 0 Å². The molecular weight excluding hydrogens is 202 g/mol. The molecule has 1 saturated heterocycles. The van der Waals surface area contributed by atoms with E-state index in [4.69, 9.17) is 5.11 Å². The van der Waals surface area contributed by atoms with Gasteiger partial charge in [-0.25, -0.2) is 4.79 Å². The topological polar surface area (TPSA) is 49.3 Å². The molecule has 0 radical (unpaired) electrons. The van der Waals surface area contributed by atoms with E-state index in [1.54, 1.807) is 12.1 Å². The molecule has 0 saturated carbocycles. The molecule has 0 aliphatic carbocycles. The second kappa shape index (κ2) is 4.66. The van der Waals surface area contributed by atoms with Gasteiger partial charge in [0.05, 0.1) is 5.56 Å². The molecule has 1 aliphatic rings. The van der Waals surface area contributed by atoms with Crippen molar-refractivity contribution in [1.82, 2.24) is 5.32 Å². The fourth-order valence-corrected chi connectivity index (χ4v) is 2.33. The van der Waals surface area contributed by atoms with Crippen LogP contribution in [-0.4, -0.2) is 24.2 Å². The number of hydrogen-bond donors (Lipinski definition) is 2. The predicted octanol–water partition coefficient (Wildman–Crippen LogP) is 2.10. The molecule has 3 nitrogen and oxygen atoms in total. The zero-order valence-corrected chi connectivity index (χ0v) is 9.44. The number of nitrogens with one attached hydrogen (secondary N) is 1. The van der Waals surface area contributed by atoms with Crippen LogP contribution in [0.5, 0.6) is 0 Å². The summed E-state index contributed by atoms with van der Waals surface area (Å²) in [6.07, 6.45) is 1.18. The molecule has 0 amide bonds. The number of aromatic carboxylic acids is 1. The van der Waals surface area contributed by atoms with Gasteiger partial charge in [0, 0.05) is 0 Å². The van der Waals surface area contributed by atoms with Gasteiger partial charge in [0.15, 0.2) is 0 Å². The van der Waals surface area contributed by atoms with Crippen LogP contribution in [0, 0.1) is 5.92 Å². The molecule has 0 spiro atoms. The van der Waals surface area contributed by atoms with Crippen molar-refractivity contribution < 1.29 is 9.90 Å². The molecule has 2 atom stereocenters. The highest BCUT2D eigenvalue weighted by molar-refractivity contribution is 5.87. The Hall–Kier alpha value is -1.35. The van der Waals surface area contributed by atoms with E-state index in [-0.39, 0.29) is 0 Å². The molecule has 1 aliphatic heterocycles. The van der Waals surface area contributed by atoms with Crippen LogP contribution in [0.3, 0.4) is 0 Å². The highest BCUT2D eigenvalue weighted by Gasteiger charge is 2.22. The maximum atomic E-state index is 10.9. The summed E-state index contributed by atoms with van der Waals surface area (Å²) in [5.74, 6) is 0.206. The first kappa shape index (κ1) is 11.1. The molecule has 2 unspecified atom stereocenters. The summed E-state index contributed by atoms with van der Waals surface area (Å²) in [5.41, 5.74) is 1.52. The lowest BCUT2D eigenvalue weighted by molar-refractivity contribution is 0.0696. The minimum absolute atomic E-state index is 0.385. The van der Waals surface area contributed by atoms with Crippen LogP contribution in [0.4, 0.5) is 0 Å². The average molecular weight is 219 g/mol. The molecule has 0 aromatic heterocycles.